The Bertz CT molecular complexity index is 289. The van der Waals surface area contributed by atoms with Crippen LogP contribution in [0.15, 0.2) is 11.1 Å². The summed E-state index contributed by atoms with van der Waals surface area (Å²) in [5.41, 5.74) is 1.85. The van der Waals surface area contributed by atoms with Crippen molar-refractivity contribution in [2.75, 3.05) is 13.2 Å². The molecule has 0 N–H and O–H groups in total. The number of rotatable bonds is 0. The van der Waals surface area contributed by atoms with E-state index in [0.29, 0.717) is 13.2 Å². The summed E-state index contributed by atoms with van der Waals surface area (Å²) in [6.07, 6.45) is -0.422. The molecule has 0 unspecified atom stereocenters. The number of hydrogen-bond donors (Lipinski definition) is 0. The van der Waals surface area contributed by atoms with Gasteiger partial charge in [-0.3, -0.25) is 4.84 Å². The van der Waals surface area contributed by atoms with Gasteiger partial charge in [-0.05, 0) is 45.8 Å². The van der Waals surface area contributed by atoms with Gasteiger partial charge in [0.2, 0.25) is 0 Å². The number of amides is 1. The van der Waals surface area contributed by atoms with E-state index < -0.39 is 11.7 Å². The molecule has 86 valence electrons. The fourth-order valence-electron chi connectivity index (χ4n) is 1.12. The lowest BCUT2D eigenvalue weighted by Gasteiger charge is -2.30. The van der Waals surface area contributed by atoms with Gasteiger partial charge >= 0.3 is 6.09 Å². The van der Waals surface area contributed by atoms with E-state index in [1.165, 1.54) is 10.6 Å². The molecule has 1 heterocycles. The maximum Gasteiger partial charge on any atom is 0.434 e. The quantitative estimate of drug-likeness (QED) is 0.580. The monoisotopic (exact) mass is 213 g/mol. The average Bonchev–Trinajstić information content (AvgIpc) is 2.06. The van der Waals surface area contributed by atoms with Crippen LogP contribution in [0.5, 0.6) is 0 Å². The van der Waals surface area contributed by atoms with Crippen molar-refractivity contribution in [2.45, 2.75) is 40.2 Å². The second-order valence-electron chi connectivity index (χ2n) is 4.85. The first-order valence-corrected chi connectivity index (χ1v) is 5.08. The molecule has 1 aliphatic heterocycles. The normalized spacial score (nSPS) is 18.1. The zero-order chi connectivity index (χ0) is 11.6. The first-order valence-electron chi connectivity index (χ1n) is 5.08. The molecule has 0 aromatic carbocycles. The minimum Gasteiger partial charge on any atom is -0.442 e. The van der Waals surface area contributed by atoms with Crippen molar-refractivity contribution in [3.63, 3.8) is 0 Å². The van der Waals surface area contributed by atoms with E-state index in [2.05, 4.69) is 0 Å². The largest absolute Gasteiger partial charge is 0.442 e. The minimum atomic E-state index is -0.482. The second kappa shape index (κ2) is 4.23. The van der Waals surface area contributed by atoms with Crippen LogP contribution < -0.4 is 0 Å². The van der Waals surface area contributed by atoms with E-state index in [1.807, 2.05) is 34.6 Å². The van der Waals surface area contributed by atoms with E-state index in [4.69, 9.17) is 9.57 Å². The first kappa shape index (κ1) is 12.0. The number of nitrogens with zero attached hydrogens (tertiary/aromatic N) is 1. The molecule has 4 nitrogen and oxygen atoms in total. The Balaban J connectivity index is 2.57. The van der Waals surface area contributed by atoms with Gasteiger partial charge in [-0.15, -0.1) is 0 Å². The van der Waals surface area contributed by atoms with Gasteiger partial charge in [0, 0.05) is 0 Å². The van der Waals surface area contributed by atoms with Crippen molar-refractivity contribution in [1.29, 1.82) is 0 Å². The number of hydrogen-bond acceptors (Lipinski definition) is 3. The van der Waals surface area contributed by atoms with Crippen LogP contribution in [0.25, 0.3) is 0 Å². The maximum absolute atomic E-state index is 11.6. The molecule has 1 amide bonds. The molecule has 15 heavy (non-hydrogen) atoms. The summed E-state index contributed by atoms with van der Waals surface area (Å²) in [5, 5.41) is 1.27. The van der Waals surface area contributed by atoms with Crippen molar-refractivity contribution in [2.24, 2.45) is 0 Å². The highest BCUT2D eigenvalue weighted by Crippen LogP contribution is 2.17. The number of carbonyl (C=O) groups is 1. The minimum absolute atomic E-state index is 0.422. The molecule has 0 aromatic rings. The molecular weight excluding hydrogens is 194 g/mol. The highest BCUT2D eigenvalue weighted by atomic mass is 16.7. The Morgan fingerprint density at radius 2 is 1.93 bits per heavy atom. The molecule has 4 heteroatoms. The lowest BCUT2D eigenvalue weighted by Crippen LogP contribution is -2.40. The molecule has 0 aliphatic carbocycles. The lowest BCUT2D eigenvalue weighted by molar-refractivity contribution is -0.141. The van der Waals surface area contributed by atoms with E-state index in [9.17, 15) is 4.79 Å². The predicted molar refractivity (Wildman–Crippen MR) is 57.3 cm³/mol. The molecule has 1 rings (SSSR count). The fourth-order valence-corrected chi connectivity index (χ4v) is 1.12. The van der Waals surface area contributed by atoms with Gasteiger partial charge in [-0.1, -0.05) is 0 Å². The third-order valence-electron chi connectivity index (χ3n) is 2.14. The van der Waals surface area contributed by atoms with Crippen LogP contribution in [0.2, 0.25) is 0 Å². The highest BCUT2D eigenvalue weighted by Gasteiger charge is 2.25. The summed E-state index contributed by atoms with van der Waals surface area (Å²) in [4.78, 5) is 16.9. The third kappa shape index (κ3) is 3.55. The average molecular weight is 213 g/mol. The van der Waals surface area contributed by atoms with Crippen LogP contribution in [-0.4, -0.2) is 29.9 Å². The molecule has 1 aliphatic rings. The molecule has 0 spiro atoms. The first-order chi connectivity index (χ1) is 6.79. The van der Waals surface area contributed by atoms with E-state index >= 15 is 0 Å². The Kier molecular flexibility index (Phi) is 3.39. The molecule has 0 radical (unpaired) electrons. The smallest absolute Gasteiger partial charge is 0.434 e. The zero-order valence-electron chi connectivity index (χ0n) is 10.1. The SMILES string of the molecule is CC1=C(C)CN(C(=O)OC(C)(C)C)OC1. The topological polar surface area (TPSA) is 38.8 Å². The zero-order valence-corrected chi connectivity index (χ0v) is 10.1. The maximum atomic E-state index is 11.6. The summed E-state index contributed by atoms with van der Waals surface area (Å²) < 4.78 is 5.20. The van der Waals surface area contributed by atoms with Crippen LogP contribution in [0.1, 0.15) is 34.6 Å². The Morgan fingerprint density at radius 1 is 1.33 bits per heavy atom. The van der Waals surface area contributed by atoms with Gasteiger partial charge < -0.3 is 4.74 Å². The lowest BCUT2D eigenvalue weighted by atomic mass is 10.1. The molecule has 0 aromatic heterocycles. The van der Waals surface area contributed by atoms with Gasteiger partial charge in [0.1, 0.15) is 5.60 Å². The molecule has 0 saturated heterocycles. The van der Waals surface area contributed by atoms with Crippen molar-refractivity contribution in [3.8, 4) is 0 Å². The van der Waals surface area contributed by atoms with Gasteiger partial charge in [0.15, 0.2) is 0 Å². The number of carbonyl (C=O) groups excluding carboxylic acids is 1. The van der Waals surface area contributed by atoms with E-state index in [1.54, 1.807) is 0 Å². The van der Waals surface area contributed by atoms with Gasteiger partial charge in [-0.25, -0.2) is 4.79 Å². The van der Waals surface area contributed by atoms with Crippen molar-refractivity contribution >= 4 is 6.09 Å². The van der Waals surface area contributed by atoms with Gasteiger partial charge in [-0.2, -0.15) is 5.06 Å². The molecule has 0 bridgehead atoms. The summed E-state index contributed by atoms with van der Waals surface area (Å²) in [6, 6.07) is 0. The Labute approximate surface area is 90.8 Å². The number of hydroxylamine groups is 2. The van der Waals surface area contributed by atoms with Gasteiger partial charge in [0.05, 0.1) is 13.2 Å². The molecule has 0 saturated carbocycles. The summed E-state index contributed by atoms with van der Waals surface area (Å²) >= 11 is 0. The van der Waals surface area contributed by atoms with Gasteiger partial charge in [0.25, 0.3) is 0 Å². The summed E-state index contributed by atoms with van der Waals surface area (Å²) in [6.45, 7) is 10.5. The molecular formula is C11H19NO3. The van der Waals surface area contributed by atoms with Crippen molar-refractivity contribution < 1.29 is 14.4 Å². The van der Waals surface area contributed by atoms with Crippen molar-refractivity contribution in [1.82, 2.24) is 5.06 Å². The van der Waals surface area contributed by atoms with Crippen LogP contribution in [0.4, 0.5) is 4.79 Å². The van der Waals surface area contributed by atoms with Crippen molar-refractivity contribution in [3.05, 3.63) is 11.1 Å². The van der Waals surface area contributed by atoms with Crippen LogP contribution >= 0.6 is 0 Å². The Morgan fingerprint density at radius 3 is 2.40 bits per heavy atom. The Hall–Kier alpha value is -1.03. The van der Waals surface area contributed by atoms with Crippen LogP contribution in [0.3, 0.4) is 0 Å². The van der Waals surface area contributed by atoms with Crippen LogP contribution in [-0.2, 0) is 9.57 Å². The second-order valence-corrected chi connectivity index (χ2v) is 4.85. The summed E-state index contributed by atoms with van der Waals surface area (Å²) in [7, 11) is 0. The predicted octanol–water partition coefficient (Wildman–Crippen LogP) is 2.51. The third-order valence-corrected chi connectivity index (χ3v) is 2.14. The number of ether oxygens (including phenoxy) is 1. The standard InChI is InChI=1S/C11H19NO3/c1-8-6-12(14-7-9(8)2)10(13)15-11(3,4)5/h6-7H2,1-5H3. The molecule has 0 fully saturated rings. The highest BCUT2D eigenvalue weighted by molar-refractivity contribution is 5.67. The summed E-state index contributed by atoms with van der Waals surface area (Å²) in [5.74, 6) is 0. The van der Waals surface area contributed by atoms with E-state index in [0.717, 1.165) is 5.57 Å². The fraction of sp³-hybridized carbons (Fsp3) is 0.727. The molecule has 0 atom stereocenters. The van der Waals surface area contributed by atoms with E-state index in [-0.39, 0.29) is 0 Å². The van der Waals surface area contributed by atoms with Crippen LogP contribution in [0, 0.1) is 0 Å².